The summed E-state index contributed by atoms with van der Waals surface area (Å²) in [6, 6.07) is 0.345. The Bertz CT molecular complexity index is 257. The van der Waals surface area contributed by atoms with E-state index in [1.807, 2.05) is 0 Å². The van der Waals surface area contributed by atoms with Crippen LogP contribution >= 0.6 is 0 Å². The van der Waals surface area contributed by atoms with Crippen molar-refractivity contribution in [3.8, 4) is 0 Å². The van der Waals surface area contributed by atoms with Crippen LogP contribution in [-0.2, 0) is 9.53 Å². The third kappa shape index (κ3) is 2.09. The van der Waals surface area contributed by atoms with Gasteiger partial charge in [0.2, 0.25) is 0 Å². The highest BCUT2D eigenvalue weighted by atomic mass is 16.5. The summed E-state index contributed by atoms with van der Waals surface area (Å²) in [6.07, 6.45) is 6.34. The standard InChI is InChI=1S/C12H22N2O2/c1-16-12(15)11(8-13)14-7-3-5-9-4-2-6-10(9)14/h9-11H,2-8,13H2,1H3. The number of hydrogen-bond acceptors (Lipinski definition) is 4. The van der Waals surface area contributed by atoms with Gasteiger partial charge >= 0.3 is 5.97 Å². The molecule has 2 N–H and O–H groups in total. The maximum absolute atomic E-state index is 11.7. The molecule has 1 aliphatic heterocycles. The molecule has 1 saturated heterocycles. The van der Waals surface area contributed by atoms with Gasteiger partial charge < -0.3 is 10.5 Å². The fourth-order valence-corrected chi connectivity index (χ4v) is 3.38. The van der Waals surface area contributed by atoms with Crippen molar-refractivity contribution >= 4 is 5.97 Å². The molecule has 4 nitrogen and oxygen atoms in total. The van der Waals surface area contributed by atoms with Gasteiger partial charge in [-0.3, -0.25) is 9.69 Å². The van der Waals surface area contributed by atoms with E-state index < -0.39 is 0 Å². The summed E-state index contributed by atoms with van der Waals surface area (Å²) in [6.45, 7) is 1.37. The van der Waals surface area contributed by atoms with Crippen molar-refractivity contribution < 1.29 is 9.53 Å². The van der Waals surface area contributed by atoms with Gasteiger partial charge in [-0.25, -0.2) is 0 Å². The number of nitrogens with zero attached hydrogens (tertiary/aromatic N) is 1. The molecule has 2 aliphatic rings. The van der Waals surface area contributed by atoms with Crippen molar-refractivity contribution in [2.45, 2.75) is 44.2 Å². The van der Waals surface area contributed by atoms with Crippen LogP contribution in [0.15, 0.2) is 0 Å². The Labute approximate surface area is 97.1 Å². The van der Waals surface area contributed by atoms with Gasteiger partial charge in [0.05, 0.1) is 7.11 Å². The quantitative estimate of drug-likeness (QED) is 0.722. The summed E-state index contributed by atoms with van der Waals surface area (Å²) < 4.78 is 4.84. The topological polar surface area (TPSA) is 55.6 Å². The van der Waals surface area contributed by atoms with Crippen molar-refractivity contribution in [3.63, 3.8) is 0 Å². The van der Waals surface area contributed by atoms with Crippen molar-refractivity contribution in [2.75, 3.05) is 20.2 Å². The van der Waals surface area contributed by atoms with Gasteiger partial charge in [-0.1, -0.05) is 6.42 Å². The molecule has 2 rings (SSSR count). The highest BCUT2D eigenvalue weighted by molar-refractivity contribution is 5.76. The van der Waals surface area contributed by atoms with E-state index >= 15 is 0 Å². The van der Waals surface area contributed by atoms with Crippen molar-refractivity contribution in [1.82, 2.24) is 4.90 Å². The molecule has 0 amide bonds. The Hall–Kier alpha value is -0.610. The van der Waals surface area contributed by atoms with Crippen molar-refractivity contribution in [1.29, 1.82) is 0 Å². The number of methoxy groups -OCH3 is 1. The average molecular weight is 226 g/mol. The zero-order chi connectivity index (χ0) is 11.5. The van der Waals surface area contributed by atoms with E-state index in [1.165, 1.54) is 39.2 Å². The van der Waals surface area contributed by atoms with Gasteiger partial charge in [0.15, 0.2) is 0 Å². The number of nitrogens with two attached hydrogens (primary N) is 1. The molecule has 4 heteroatoms. The normalized spacial score (nSPS) is 32.1. The molecular formula is C12H22N2O2. The fourth-order valence-electron chi connectivity index (χ4n) is 3.38. The van der Waals surface area contributed by atoms with E-state index in [1.54, 1.807) is 0 Å². The number of hydrogen-bond donors (Lipinski definition) is 1. The van der Waals surface area contributed by atoms with E-state index in [9.17, 15) is 4.79 Å². The molecule has 92 valence electrons. The first-order chi connectivity index (χ1) is 7.77. The second-order valence-electron chi connectivity index (χ2n) is 4.91. The van der Waals surface area contributed by atoms with E-state index in [-0.39, 0.29) is 12.0 Å². The van der Waals surface area contributed by atoms with E-state index in [2.05, 4.69) is 4.90 Å². The summed E-state index contributed by atoms with van der Waals surface area (Å²) in [7, 11) is 1.45. The molecule has 0 aromatic carbocycles. The number of ether oxygens (including phenoxy) is 1. The third-order valence-electron chi connectivity index (χ3n) is 4.13. The monoisotopic (exact) mass is 226 g/mol. The smallest absolute Gasteiger partial charge is 0.324 e. The van der Waals surface area contributed by atoms with Gasteiger partial charge in [-0.15, -0.1) is 0 Å². The van der Waals surface area contributed by atoms with Gasteiger partial charge in [-0.2, -0.15) is 0 Å². The summed E-state index contributed by atoms with van der Waals surface area (Å²) in [5.74, 6) is 0.613. The van der Waals surface area contributed by atoms with Crippen LogP contribution in [0.25, 0.3) is 0 Å². The Balaban J connectivity index is 2.08. The lowest BCUT2D eigenvalue weighted by Gasteiger charge is -2.41. The molecule has 0 spiro atoms. The molecule has 0 aromatic heterocycles. The minimum Gasteiger partial charge on any atom is -0.468 e. The lowest BCUT2D eigenvalue weighted by atomic mass is 9.90. The molecule has 0 aromatic rings. The molecule has 16 heavy (non-hydrogen) atoms. The summed E-state index contributed by atoms with van der Waals surface area (Å²) in [4.78, 5) is 14.0. The van der Waals surface area contributed by atoms with Crippen LogP contribution in [0.5, 0.6) is 0 Å². The molecular weight excluding hydrogens is 204 g/mol. The number of esters is 1. The summed E-state index contributed by atoms with van der Waals surface area (Å²) >= 11 is 0. The Morgan fingerprint density at radius 1 is 1.44 bits per heavy atom. The zero-order valence-corrected chi connectivity index (χ0v) is 10.0. The predicted molar refractivity (Wildman–Crippen MR) is 61.9 cm³/mol. The molecule has 0 bridgehead atoms. The average Bonchev–Trinajstić information content (AvgIpc) is 2.78. The first-order valence-corrected chi connectivity index (χ1v) is 6.31. The lowest BCUT2D eigenvalue weighted by Crippen LogP contribution is -2.54. The van der Waals surface area contributed by atoms with E-state index in [4.69, 9.17) is 10.5 Å². The van der Waals surface area contributed by atoms with E-state index in [0.717, 1.165) is 12.5 Å². The molecule has 1 saturated carbocycles. The first-order valence-electron chi connectivity index (χ1n) is 6.31. The van der Waals surface area contributed by atoms with Gasteiger partial charge in [-0.05, 0) is 38.1 Å². The van der Waals surface area contributed by atoms with Crippen LogP contribution in [-0.4, -0.2) is 43.2 Å². The van der Waals surface area contributed by atoms with Crippen LogP contribution in [0.3, 0.4) is 0 Å². The number of carbonyl (C=O) groups excluding carboxylic acids is 1. The van der Waals surface area contributed by atoms with Gasteiger partial charge in [0, 0.05) is 12.6 Å². The lowest BCUT2D eigenvalue weighted by molar-refractivity contribution is -0.148. The zero-order valence-electron chi connectivity index (χ0n) is 10.0. The number of fused-ring (bicyclic) bond motifs is 1. The molecule has 3 unspecified atom stereocenters. The highest BCUT2D eigenvalue weighted by Gasteiger charge is 2.40. The molecule has 0 radical (unpaired) electrons. The number of rotatable bonds is 3. The van der Waals surface area contributed by atoms with Crippen molar-refractivity contribution in [3.05, 3.63) is 0 Å². The fraction of sp³-hybridized carbons (Fsp3) is 0.917. The van der Waals surface area contributed by atoms with Crippen LogP contribution in [0, 0.1) is 5.92 Å². The Morgan fingerprint density at radius 2 is 2.19 bits per heavy atom. The second kappa shape index (κ2) is 5.15. The predicted octanol–water partition coefficient (Wildman–Crippen LogP) is 0.751. The summed E-state index contributed by atoms with van der Waals surface area (Å²) in [5.41, 5.74) is 5.72. The first kappa shape index (κ1) is 11.9. The van der Waals surface area contributed by atoms with Gasteiger partial charge in [0.1, 0.15) is 6.04 Å². The maximum Gasteiger partial charge on any atom is 0.324 e. The SMILES string of the molecule is COC(=O)C(CN)N1CCCC2CCCC21. The Kier molecular flexibility index (Phi) is 3.82. The van der Waals surface area contributed by atoms with Crippen LogP contribution in [0.4, 0.5) is 0 Å². The summed E-state index contributed by atoms with van der Waals surface area (Å²) in [5, 5.41) is 0. The Morgan fingerprint density at radius 3 is 2.88 bits per heavy atom. The number of likely N-dealkylation sites (tertiary alicyclic amines) is 1. The van der Waals surface area contributed by atoms with E-state index in [0.29, 0.717) is 12.6 Å². The highest BCUT2D eigenvalue weighted by Crippen LogP contribution is 2.37. The second-order valence-corrected chi connectivity index (χ2v) is 4.91. The third-order valence-corrected chi connectivity index (χ3v) is 4.13. The van der Waals surface area contributed by atoms with Crippen LogP contribution in [0.1, 0.15) is 32.1 Å². The van der Waals surface area contributed by atoms with Gasteiger partial charge in [0.25, 0.3) is 0 Å². The minimum absolute atomic E-state index is 0.171. The van der Waals surface area contributed by atoms with Crippen LogP contribution in [0.2, 0.25) is 0 Å². The van der Waals surface area contributed by atoms with Crippen molar-refractivity contribution in [2.24, 2.45) is 11.7 Å². The van der Waals surface area contributed by atoms with Crippen LogP contribution < -0.4 is 5.73 Å². The molecule has 3 atom stereocenters. The minimum atomic E-state index is -0.226. The molecule has 1 heterocycles. The molecule has 1 aliphatic carbocycles. The maximum atomic E-state index is 11.7. The molecule has 2 fully saturated rings. The number of carbonyl (C=O) groups is 1. The largest absolute Gasteiger partial charge is 0.468 e. The number of piperidine rings is 1.